The minimum Gasteiger partial charge on any atom is -0.379 e. The van der Waals surface area contributed by atoms with Crippen molar-refractivity contribution in [2.75, 3.05) is 52.5 Å². The molecule has 0 radical (unpaired) electrons. The van der Waals surface area contributed by atoms with Crippen molar-refractivity contribution in [2.24, 2.45) is 0 Å². The Morgan fingerprint density at radius 2 is 2.04 bits per heavy atom. The number of ether oxygens (including phenoxy) is 2. The van der Waals surface area contributed by atoms with Crippen LogP contribution in [0, 0.1) is 0 Å². The smallest absolute Gasteiger partial charge is 0.250 e. The second kappa shape index (κ2) is 9.13. The van der Waals surface area contributed by atoms with E-state index in [9.17, 15) is 4.79 Å². The summed E-state index contributed by atoms with van der Waals surface area (Å²) in [6, 6.07) is 10.4. The highest BCUT2D eigenvalue weighted by Gasteiger charge is 2.25. The van der Waals surface area contributed by atoms with Crippen molar-refractivity contribution in [3.05, 3.63) is 35.9 Å². The van der Waals surface area contributed by atoms with Crippen LogP contribution in [0.2, 0.25) is 0 Å². The largest absolute Gasteiger partial charge is 0.379 e. The van der Waals surface area contributed by atoms with Crippen molar-refractivity contribution in [3.8, 4) is 0 Å². The molecule has 3 rings (SSSR count). The van der Waals surface area contributed by atoms with Gasteiger partial charge in [-0.25, -0.2) is 0 Å². The molecule has 6 nitrogen and oxygen atoms in total. The van der Waals surface area contributed by atoms with Crippen LogP contribution in [0.1, 0.15) is 5.56 Å². The number of nitrogens with one attached hydrogen (secondary N) is 2. The third-order valence-electron chi connectivity index (χ3n) is 4.47. The number of benzene rings is 1. The summed E-state index contributed by atoms with van der Waals surface area (Å²) in [5.41, 5.74) is 1.23. The number of morpholine rings is 2. The quantitative estimate of drug-likeness (QED) is 0.769. The van der Waals surface area contributed by atoms with E-state index in [0.717, 1.165) is 45.8 Å². The average molecular weight is 333 g/mol. The van der Waals surface area contributed by atoms with Crippen molar-refractivity contribution in [1.29, 1.82) is 0 Å². The van der Waals surface area contributed by atoms with Crippen molar-refractivity contribution in [2.45, 2.75) is 18.6 Å². The second-order valence-corrected chi connectivity index (χ2v) is 6.37. The monoisotopic (exact) mass is 333 g/mol. The maximum atomic E-state index is 12.5. The summed E-state index contributed by atoms with van der Waals surface area (Å²) in [5, 5.41) is 6.40. The van der Waals surface area contributed by atoms with E-state index < -0.39 is 0 Å². The van der Waals surface area contributed by atoms with Gasteiger partial charge in [-0.15, -0.1) is 0 Å². The highest BCUT2D eigenvalue weighted by atomic mass is 16.5. The van der Waals surface area contributed by atoms with E-state index in [1.54, 1.807) is 0 Å². The van der Waals surface area contributed by atoms with Gasteiger partial charge in [0.2, 0.25) is 0 Å². The summed E-state index contributed by atoms with van der Waals surface area (Å²) in [7, 11) is 0. The van der Waals surface area contributed by atoms with Gasteiger partial charge in [0, 0.05) is 38.8 Å². The van der Waals surface area contributed by atoms with Crippen LogP contribution >= 0.6 is 0 Å². The molecule has 2 aliphatic rings. The van der Waals surface area contributed by atoms with E-state index in [4.69, 9.17) is 9.47 Å². The molecule has 0 bridgehead atoms. The lowest BCUT2D eigenvalue weighted by Gasteiger charge is -2.32. The molecule has 2 unspecified atom stereocenters. The molecular weight excluding hydrogens is 306 g/mol. The van der Waals surface area contributed by atoms with Crippen molar-refractivity contribution >= 4 is 5.91 Å². The number of hydrogen-bond acceptors (Lipinski definition) is 5. The second-order valence-electron chi connectivity index (χ2n) is 6.37. The molecule has 2 aliphatic heterocycles. The van der Waals surface area contributed by atoms with Gasteiger partial charge >= 0.3 is 0 Å². The molecule has 2 heterocycles. The van der Waals surface area contributed by atoms with E-state index >= 15 is 0 Å². The first-order chi connectivity index (χ1) is 11.8. The lowest BCUT2D eigenvalue weighted by atomic mass is 10.0. The Morgan fingerprint density at radius 3 is 2.75 bits per heavy atom. The highest BCUT2D eigenvalue weighted by molar-refractivity contribution is 5.81. The van der Waals surface area contributed by atoms with Crippen LogP contribution in [-0.2, 0) is 20.7 Å². The Bertz CT molecular complexity index is 499. The van der Waals surface area contributed by atoms with Crippen LogP contribution in [-0.4, -0.2) is 75.5 Å². The lowest BCUT2D eigenvalue weighted by molar-refractivity contribution is -0.135. The molecule has 6 heteroatoms. The van der Waals surface area contributed by atoms with Crippen molar-refractivity contribution in [3.63, 3.8) is 0 Å². The summed E-state index contributed by atoms with van der Waals surface area (Å²) >= 11 is 0. The number of amides is 1. The standard InChI is InChI=1S/C18H27N3O3/c22-18(17-13-19-6-9-24-17)20-16(12-15-4-2-1-3-5-15)14-21-7-10-23-11-8-21/h1-5,16-17,19H,6-14H2,(H,20,22). The van der Waals surface area contributed by atoms with Crippen molar-refractivity contribution in [1.82, 2.24) is 15.5 Å². The molecule has 132 valence electrons. The van der Waals surface area contributed by atoms with Crippen LogP contribution in [0.25, 0.3) is 0 Å². The fourth-order valence-electron chi connectivity index (χ4n) is 3.18. The van der Waals surface area contributed by atoms with Crippen LogP contribution in [0.15, 0.2) is 30.3 Å². The first-order valence-electron chi connectivity index (χ1n) is 8.78. The predicted octanol–water partition coefficient (Wildman–Crippen LogP) is 0.0345. The fraction of sp³-hybridized carbons (Fsp3) is 0.611. The third kappa shape index (κ3) is 5.27. The van der Waals surface area contributed by atoms with E-state index in [-0.39, 0.29) is 18.1 Å². The normalized spacial score (nSPS) is 23.6. The first kappa shape index (κ1) is 17.4. The van der Waals surface area contributed by atoms with Gasteiger partial charge in [-0.3, -0.25) is 9.69 Å². The summed E-state index contributed by atoms with van der Waals surface area (Å²) in [6.07, 6.45) is 0.436. The molecule has 1 amide bonds. The highest BCUT2D eigenvalue weighted by Crippen LogP contribution is 2.08. The molecule has 0 saturated carbocycles. The van der Waals surface area contributed by atoms with Crippen LogP contribution in [0.4, 0.5) is 0 Å². The Hall–Kier alpha value is -1.47. The zero-order valence-corrected chi connectivity index (χ0v) is 14.1. The van der Waals surface area contributed by atoms with Crippen LogP contribution in [0.5, 0.6) is 0 Å². The number of rotatable bonds is 6. The zero-order chi connectivity index (χ0) is 16.6. The Morgan fingerprint density at radius 1 is 1.25 bits per heavy atom. The SMILES string of the molecule is O=C(NC(Cc1ccccc1)CN1CCOCC1)C1CNCCO1. The van der Waals surface area contributed by atoms with Gasteiger partial charge in [0.15, 0.2) is 0 Å². The van der Waals surface area contributed by atoms with Gasteiger partial charge in [0.25, 0.3) is 5.91 Å². The van der Waals surface area contributed by atoms with Crippen LogP contribution in [0.3, 0.4) is 0 Å². The molecule has 0 aliphatic carbocycles. The van der Waals surface area contributed by atoms with Gasteiger partial charge in [0.1, 0.15) is 6.10 Å². The Kier molecular flexibility index (Phi) is 6.60. The van der Waals surface area contributed by atoms with Gasteiger partial charge in [-0.2, -0.15) is 0 Å². The molecule has 2 saturated heterocycles. The zero-order valence-electron chi connectivity index (χ0n) is 14.1. The number of carbonyl (C=O) groups excluding carboxylic acids is 1. The number of hydrogen-bond donors (Lipinski definition) is 2. The fourth-order valence-corrected chi connectivity index (χ4v) is 3.18. The molecule has 24 heavy (non-hydrogen) atoms. The molecule has 1 aromatic carbocycles. The van der Waals surface area contributed by atoms with Crippen molar-refractivity contribution < 1.29 is 14.3 Å². The summed E-state index contributed by atoms with van der Waals surface area (Å²) < 4.78 is 11.0. The molecular formula is C18H27N3O3. The topological polar surface area (TPSA) is 62.8 Å². The average Bonchev–Trinajstić information content (AvgIpc) is 2.64. The third-order valence-corrected chi connectivity index (χ3v) is 4.47. The van der Waals surface area contributed by atoms with E-state index in [1.807, 2.05) is 18.2 Å². The van der Waals surface area contributed by atoms with Gasteiger partial charge in [-0.1, -0.05) is 30.3 Å². The number of nitrogens with zero attached hydrogens (tertiary/aromatic N) is 1. The summed E-state index contributed by atoms with van der Waals surface area (Å²) in [4.78, 5) is 14.9. The van der Waals surface area contributed by atoms with Gasteiger partial charge in [-0.05, 0) is 12.0 Å². The maximum Gasteiger partial charge on any atom is 0.250 e. The van der Waals surface area contributed by atoms with Crippen LogP contribution < -0.4 is 10.6 Å². The van der Waals surface area contributed by atoms with Gasteiger partial charge in [0.05, 0.1) is 19.8 Å². The Labute approximate surface area is 143 Å². The maximum absolute atomic E-state index is 12.5. The first-order valence-corrected chi connectivity index (χ1v) is 8.78. The molecule has 2 fully saturated rings. The minimum atomic E-state index is -0.387. The Balaban J connectivity index is 1.60. The summed E-state index contributed by atoms with van der Waals surface area (Å²) in [6.45, 7) is 6.19. The summed E-state index contributed by atoms with van der Waals surface area (Å²) in [5.74, 6) is -0.0172. The molecule has 2 N–H and O–H groups in total. The molecule has 1 aromatic rings. The number of carbonyl (C=O) groups is 1. The molecule has 0 aromatic heterocycles. The lowest BCUT2D eigenvalue weighted by Crippen LogP contribution is -2.54. The molecule has 0 spiro atoms. The minimum absolute atomic E-state index is 0.0172. The van der Waals surface area contributed by atoms with E-state index in [2.05, 4.69) is 27.7 Å². The predicted molar refractivity (Wildman–Crippen MR) is 91.9 cm³/mol. The van der Waals surface area contributed by atoms with Gasteiger partial charge < -0.3 is 20.1 Å². The van der Waals surface area contributed by atoms with E-state index in [1.165, 1.54) is 5.56 Å². The van der Waals surface area contributed by atoms with E-state index in [0.29, 0.717) is 13.2 Å². The molecule has 2 atom stereocenters.